The summed E-state index contributed by atoms with van der Waals surface area (Å²) in [5.74, 6) is 0.496. The van der Waals surface area contributed by atoms with E-state index in [1.165, 1.54) is 62.8 Å². The molecule has 20 heavy (non-hydrogen) atoms. The third-order valence-corrected chi connectivity index (χ3v) is 4.09. The Kier molecular flexibility index (Phi) is 6.49. The largest absolute Gasteiger partial charge is 0.364 e. The molecule has 2 N–H and O–H groups in total. The zero-order valence-electron chi connectivity index (χ0n) is 12.7. The van der Waals surface area contributed by atoms with E-state index in [0.29, 0.717) is 5.92 Å². The lowest BCUT2D eigenvalue weighted by Gasteiger charge is -2.14. The van der Waals surface area contributed by atoms with Crippen molar-refractivity contribution in [2.75, 3.05) is 0 Å². The van der Waals surface area contributed by atoms with Crippen LogP contribution >= 0.6 is 0 Å². The van der Waals surface area contributed by atoms with Crippen molar-refractivity contribution >= 4 is 0 Å². The maximum absolute atomic E-state index is 3.37. The van der Waals surface area contributed by atoms with Crippen LogP contribution in [0.4, 0.5) is 0 Å². The van der Waals surface area contributed by atoms with E-state index in [-0.39, 0.29) is 0 Å². The zero-order chi connectivity index (χ0) is 14.0. The highest BCUT2D eigenvalue weighted by atomic mass is 14.7. The smallest absolute Gasteiger partial charge is 0.0391 e. The van der Waals surface area contributed by atoms with Gasteiger partial charge in [0.25, 0.3) is 0 Å². The fourth-order valence-corrected chi connectivity index (χ4v) is 2.91. The van der Waals surface area contributed by atoms with Crippen molar-refractivity contribution in [2.24, 2.45) is 0 Å². The molecule has 2 heterocycles. The Morgan fingerprint density at radius 3 is 1.85 bits per heavy atom. The molecule has 0 aliphatic carbocycles. The van der Waals surface area contributed by atoms with Gasteiger partial charge in [-0.05, 0) is 30.7 Å². The lowest BCUT2D eigenvalue weighted by Crippen LogP contribution is -2.02. The van der Waals surface area contributed by atoms with Crippen LogP contribution in [0.15, 0.2) is 36.7 Å². The molecule has 0 aromatic carbocycles. The predicted molar refractivity (Wildman–Crippen MR) is 86.0 cm³/mol. The minimum absolute atomic E-state index is 0.496. The van der Waals surface area contributed by atoms with Crippen LogP contribution in [0.2, 0.25) is 0 Å². The molecule has 2 rings (SSSR count). The molecule has 2 aromatic rings. The summed E-state index contributed by atoms with van der Waals surface area (Å²) in [6.07, 6.45) is 14.9. The molecule has 0 unspecified atom stereocenters. The van der Waals surface area contributed by atoms with Gasteiger partial charge < -0.3 is 9.97 Å². The van der Waals surface area contributed by atoms with Crippen molar-refractivity contribution in [1.29, 1.82) is 0 Å². The number of rotatable bonds is 10. The number of H-pyrrole nitrogens is 2. The van der Waals surface area contributed by atoms with E-state index < -0.39 is 0 Å². The lowest BCUT2D eigenvalue weighted by atomic mass is 9.94. The van der Waals surface area contributed by atoms with E-state index in [4.69, 9.17) is 0 Å². The first kappa shape index (κ1) is 15.0. The molecule has 0 aliphatic rings. The number of aromatic amines is 2. The lowest BCUT2D eigenvalue weighted by molar-refractivity contribution is 0.553. The third-order valence-electron chi connectivity index (χ3n) is 4.09. The average Bonchev–Trinajstić information content (AvgIpc) is 3.14. The van der Waals surface area contributed by atoms with E-state index in [1.54, 1.807) is 0 Å². The van der Waals surface area contributed by atoms with Crippen molar-refractivity contribution in [1.82, 2.24) is 9.97 Å². The molecule has 0 fully saturated rings. The van der Waals surface area contributed by atoms with E-state index >= 15 is 0 Å². The van der Waals surface area contributed by atoms with Crippen LogP contribution in [0.1, 0.15) is 75.6 Å². The Labute approximate surface area is 123 Å². The highest BCUT2D eigenvalue weighted by molar-refractivity contribution is 5.23. The monoisotopic (exact) mass is 272 g/mol. The molecule has 0 amide bonds. The van der Waals surface area contributed by atoms with Crippen LogP contribution in [-0.2, 0) is 0 Å². The summed E-state index contributed by atoms with van der Waals surface area (Å²) in [5, 5.41) is 0. The molecule has 2 nitrogen and oxygen atoms in total. The van der Waals surface area contributed by atoms with E-state index in [2.05, 4.69) is 41.2 Å². The zero-order valence-corrected chi connectivity index (χ0v) is 12.7. The van der Waals surface area contributed by atoms with Crippen molar-refractivity contribution in [3.8, 4) is 0 Å². The first-order chi connectivity index (χ1) is 9.92. The summed E-state index contributed by atoms with van der Waals surface area (Å²) in [6, 6.07) is 8.59. The van der Waals surface area contributed by atoms with E-state index in [9.17, 15) is 0 Å². The number of unbranched alkanes of at least 4 members (excludes halogenated alkanes) is 6. The van der Waals surface area contributed by atoms with Gasteiger partial charge in [0.2, 0.25) is 0 Å². The number of aromatic nitrogens is 2. The normalized spacial score (nSPS) is 11.3. The van der Waals surface area contributed by atoms with E-state index in [0.717, 1.165) is 0 Å². The Hall–Kier alpha value is -1.44. The van der Waals surface area contributed by atoms with Gasteiger partial charge in [0.1, 0.15) is 0 Å². The minimum atomic E-state index is 0.496. The van der Waals surface area contributed by atoms with Gasteiger partial charge in [0.05, 0.1) is 0 Å². The summed E-state index contributed by atoms with van der Waals surface area (Å²) in [6.45, 7) is 2.28. The SMILES string of the molecule is CCCCCCCCCC(c1ccc[nH]1)c1ccc[nH]1. The summed E-state index contributed by atoms with van der Waals surface area (Å²) >= 11 is 0. The summed E-state index contributed by atoms with van der Waals surface area (Å²) in [7, 11) is 0. The van der Waals surface area contributed by atoms with Gasteiger partial charge in [0, 0.05) is 29.7 Å². The van der Waals surface area contributed by atoms with Crippen LogP contribution in [0.25, 0.3) is 0 Å². The van der Waals surface area contributed by atoms with Gasteiger partial charge in [-0.3, -0.25) is 0 Å². The average molecular weight is 272 g/mol. The topological polar surface area (TPSA) is 31.6 Å². The summed E-state index contributed by atoms with van der Waals surface area (Å²) in [5.41, 5.74) is 2.66. The van der Waals surface area contributed by atoms with Crippen LogP contribution < -0.4 is 0 Å². The Morgan fingerprint density at radius 1 is 0.800 bits per heavy atom. The molecule has 0 aliphatic heterocycles. The molecule has 0 bridgehead atoms. The molecule has 0 spiro atoms. The summed E-state index contributed by atoms with van der Waals surface area (Å²) < 4.78 is 0. The quantitative estimate of drug-likeness (QED) is 0.526. The fourth-order valence-electron chi connectivity index (χ4n) is 2.91. The molecule has 2 heteroatoms. The first-order valence-electron chi connectivity index (χ1n) is 8.18. The van der Waals surface area contributed by atoms with Gasteiger partial charge in [-0.1, -0.05) is 51.9 Å². The number of hydrogen-bond donors (Lipinski definition) is 2. The van der Waals surface area contributed by atoms with Crippen LogP contribution in [-0.4, -0.2) is 9.97 Å². The molecular formula is C18H28N2. The molecule has 2 aromatic heterocycles. The van der Waals surface area contributed by atoms with Crippen molar-refractivity contribution in [3.63, 3.8) is 0 Å². The third kappa shape index (κ3) is 4.59. The highest BCUT2D eigenvalue weighted by Gasteiger charge is 2.15. The Morgan fingerprint density at radius 2 is 1.35 bits per heavy atom. The maximum Gasteiger partial charge on any atom is 0.0391 e. The molecule has 0 saturated carbocycles. The van der Waals surface area contributed by atoms with Crippen LogP contribution in [0.3, 0.4) is 0 Å². The molecule has 110 valence electrons. The van der Waals surface area contributed by atoms with Crippen molar-refractivity contribution in [3.05, 3.63) is 48.0 Å². The van der Waals surface area contributed by atoms with Gasteiger partial charge in [-0.15, -0.1) is 0 Å². The van der Waals surface area contributed by atoms with Gasteiger partial charge >= 0.3 is 0 Å². The van der Waals surface area contributed by atoms with Crippen molar-refractivity contribution in [2.45, 2.75) is 64.2 Å². The number of nitrogens with one attached hydrogen (secondary N) is 2. The van der Waals surface area contributed by atoms with Crippen LogP contribution in [0, 0.1) is 0 Å². The standard InChI is InChI=1S/C18H28N2/c1-2-3-4-5-6-7-8-11-16(17-12-9-14-19-17)18-13-10-15-20-18/h9-10,12-16,19-20H,2-8,11H2,1H3. The van der Waals surface area contributed by atoms with Gasteiger partial charge in [-0.2, -0.15) is 0 Å². The molecule has 0 atom stereocenters. The van der Waals surface area contributed by atoms with Gasteiger partial charge in [-0.25, -0.2) is 0 Å². The highest BCUT2D eigenvalue weighted by Crippen LogP contribution is 2.27. The first-order valence-corrected chi connectivity index (χ1v) is 8.18. The van der Waals surface area contributed by atoms with Crippen molar-refractivity contribution < 1.29 is 0 Å². The minimum Gasteiger partial charge on any atom is -0.364 e. The van der Waals surface area contributed by atoms with E-state index in [1.807, 2.05) is 12.4 Å². The fraction of sp³-hybridized carbons (Fsp3) is 0.556. The maximum atomic E-state index is 3.37. The molecular weight excluding hydrogens is 244 g/mol. The Bertz CT molecular complexity index is 394. The molecule has 0 saturated heterocycles. The second-order valence-electron chi connectivity index (χ2n) is 5.71. The molecule has 0 radical (unpaired) electrons. The number of hydrogen-bond acceptors (Lipinski definition) is 0. The second kappa shape index (κ2) is 8.68. The van der Waals surface area contributed by atoms with Crippen LogP contribution in [0.5, 0.6) is 0 Å². The Balaban J connectivity index is 1.75. The summed E-state index contributed by atoms with van der Waals surface area (Å²) in [4.78, 5) is 6.75. The predicted octanol–water partition coefficient (Wildman–Crippen LogP) is 5.62. The van der Waals surface area contributed by atoms with Gasteiger partial charge in [0.15, 0.2) is 0 Å². The second-order valence-corrected chi connectivity index (χ2v) is 5.71.